The summed E-state index contributed by atoms with van der Waals surface area (Å²) in [5, 5.41) is 11.7. The van der Waals surface area contributed by atoms with Crippen LogP contribution < -0.4 is 15.0 Å². The summed E-state index contributed by atoms with van der Waals surface area (Å²) in [4.78, 5) is 17.1. The quantitative estimate of drug-likeness (QED) is 0.596. The molecule has 1 atom stereocenters. The zero-order valence-corrected chi connectivity index (χ0v) is 19.5. The van der Waals surface area contributed by atoms with Crippen molar-refractivity contribution in [1.29, 1.82) is 0 Å². The van der Waals surface area contributed by atoms with Gasteiger partial charge in [-0.15, -0.1) is 10.2 Å². The third kappa shape index (κ3) is 5.87. The number of hydrogen-bond acceptors (Lipinski definition) is 6. The van der Waals surface area contributed by atoms with Crippen molar-refractivity contribution in [3.63, 3.8) is 0 Å². The lowest BCUT2D eigenvalue weighted by Gasteiger charge is -2.32. The number of piperazine rings is 1. The van der Waals surface area contributed by atoms with Crippen LogP contribution in [0.25, 0.3) is 11.3 Å². The Morgan fingerprint density at radius 3 is 2.27 bits per heavy atom. The van der Waals surface area contributed by atoms with Crippen LogP contribution in [-0.2, 0) is 11.2 Å². The van der Waals surface area contributed by atoms with Gasteiger partial charge in [0, 0.05) is 37.4 Å². The van der Waals surface area contributed by atoms with Gasteiger partial charge in [-0.05, 0) is 62.4 Å². The number of ether oxygens (including phenoxy) is 1. The maximum atomic E-state index is 12.5. The molecule has 7 nitrogen and oxygen atoms in total. The van der Waals surface area contributed by atoms with E-state index in [0.29, 0.717) is 11.4 Å². The SMILES string of the molecule is CCc1ccc(OC(C)C(=O)Nc2ccc(-c3ccc(N4CCN(C)CC4)nn3)cc2)cc1. The summed E-state index contributed by atoms with van der Waals surface area (Å²) in [5.74, 6) is 1.40. The number of carbonyl (C=O) groups excluding carboxylic acids is 1. The highest BCUT2D eigenvalue weighted by Gasteiger charge is 2.17. The Balaban J connectivity index is 1.33. The van der Waals surface area contributed by atoms with Gasteiger partial charge in [0.2, 0.25) is 0 Å². The van der Waals surface area contributed by atoms with E-state index < -0.39 is 6.10 Å². The molecule has 1 aromatic heterocycles. The van der Waals surface area contributed by atoms with Crippen LogP contribution in [0, 0.1) is 0 Å². The number of aromatic nitrogens is 2. The van der Waals surface area contributed by atoms with Crippen molar-refractivity contribution in [3.8, 4) is 17.0 Å². The zero-order valence-electron chi connectivity index (χ0n) is 19.5. The van der Waals surface area contributed by atoms with Crippen molar-refractivity contribution in [2.45, 2.75) is 26.4 Å². The zero-order chi connectivity index (χ0) is 23.2. The molecular formula is C26H31N5O2. The van der Waals surface area contributed by atoms with Gasteiger partial charge in [0.25, 0.3) is 5.91 Å². The van der Waals surface area contributed by atoms with Crippen LogP contribution in [0.15, 0.2) is 60.7 Å². The topological polar surface area (TPSA) is 70.6 Å². The van der Waals surface area contributed by atoms with Crippen LogP contribution in [0.3, 0.4) is 0 Å². The Morgan fingerprint density at radius 1 is 0.970 bits per heavy atom. The van der Waals surface area contributed by atoms with E-state index in [0.717, 1.165) is 49.7 Å². The summed E-state index contributed by atoms with van der Waals surface area (Å²) in [6.07, 6.45) is 0.364. The van der Waals surface area contributed by atoms with Crippen molar-refractivity contribution in [1.82, 2.24) is 15.1 Å². The molecule has 1 N–H and O–H groups in total. The van der Waals surface area contributed by atoms with Crippen molar-refractivity contribution in [2.75, 3.05) is 43.4 Å². The summed E-state index contributed by atoms with van der Waals surface area (Å²) in [7, 11) is 2.14. The molecule has 4 rings (SSSR count). The first-order chi connectivity index (χ1) is 16.0. The van der Waals surface area contributed by atoms with E-state index in [9.17, 15) is 4.79 Å². The molecule has 1 fully saturated rings. The Bertz CT molecular complexity index is 1040. The lowest BCUT2D eigenvalue weighted by molar-refractivity contribution is -0.122. The molecule has 1 saturated heterocycles. The van der Waals surface area contributed by atoms with Gasteiger partial charge in [-0.25, -0.2) is 0 Å². The number of nitrogens with one attached hydrogen (secondary N) is 1. The van der Waals surface area contributed by atoms with Crippen LogP contribution in [0.4, 0.5) is 11.5 Å². The van der Waals surface area contributed by atoms with Crippen molar-refractivity contribution in [3.05, 3.63) is 66.2 Å². The Kier molecular flexibility index (Phi) is 7.19. The monoisotopic (exact) mass is 445 g/mol. The van der Waals surface area contributed by atoms with Gasteiger partial charge in [-0.3, -0.25) is 4.79 Å². The van der Waals surface area contributed by atoms with Crippen molar-refractivity contribution >= 4 is 17.4 Å². The number of benzene rings is 2. The molecule has 7 heteroatoms. The minimum atomic E-state index is -0.606. The third-order valence-electron chi connectivity index (χ3n) is 5.94. The molecule has 1 amide bonds. The number of nitrogens with zero attached hydrogens (tertiary/aromatic N) is 4. The maximum Gasteiger partial charge on any atom is 0.265 e. The fourth-order valence-corrected chi connectivity index (χ4v) is 3.71. The van der Waals surface area contributed by atoms with Crippen LogP contribution in [0.5, 0.6) is 5.75 Å². The van der Waals surface area contributed by atoms with Crippen LogP contribution in [-0.4, -0.2) is 60.3 Å². The smallest absolute Gasteiger partial charge is 0.265 e. The second-order valence-electron chi connectivity index (χ2n) is 8.39. The van der Waals surface area contributed by atoms with Gasteiger partial charge < -0.3 is 19.9 Å². The van der Waals surface area contributed by atoms with Gasteiger partial charge in [-0.1, -0.05) is 31.2 Å². The van der Waals surface area contributed by atoms with Crippen molar-refractivity contribution < 1.29 is 9.53 Å². The molecule has 0 aliphatic carbocycles. The fraction of sp³-hybridized carbons (Fsp3) is 0.346. The fourth-order valence-electron chi connectivity index (χ4n) is 3.71. The summed E-state index contributed by atoms with van der Waals surface area (Å²) in [6.45, 7) is 7.84. The Labute approximate surface area is 195 Å². The van der Waals surface area contributed by atoms with E-state index in [2.05, 4.69) is 39.3 Å². The molecule has 0 spiro atoms. The molecule has 3 aromatic rings. The Morgan fingerprint density at radius 2 is 1.67 bits per heavy atom. The van der Waals surface area contributed by atoms with E-state index in [1.54, 1.807) is 6.92 Å². The van der Waals surface area contributed by atoms with Gasteiger partial charge in [0.1, 0.15) is 5.75 Å². The predicted octanol–water partition coefficient (Wildman–Crippen LogP) is 3.86. The molecule has 0 radical (unpaired) electrons. The first-order valence-corrected chi connectivity index (χ1v) is 11.5. The van der Waals surface area contributed by atoms with Gasteiger partial charge in [0.15, 0.2) is 11.9 Å². The molecule has 2 aromatic carbocycles. The molecule has 2 heterocycles. The van der Waals surface area contributed by atoms with E-state index >= 15 is 0 Å². The molecule has 0 saturated carbocycles. The molecular weight excluding hydrogens is 414 g/mol. The summed E-state index contributed by atoms with van der Waals surface area (Å²) < 4.78 is 5.77. The lowest BCUT2D eigenvalue weighted by Crippen LogP contribution is -2.44. The number of anilines is 2. The normalized spacial score (nSPS) is 15.2. The molecule has 172 valence electrons. The van der Waals surface area contributed by atoms with E-state index in [1.807, 2.05) is 60.7 Å². The number of hydrogen-bond donors (Lipinski definition) is 1. The number of rotatable bonds is 7. The second-order valence-corrected chi connectivity index (χ2v) is 8.39. The highest BCUT2D eigenvalue weighted by molar-refractivity contribution is 5.94. The van der Waals surface area contributed by atoms with Gasteiger partial charge in [0.05, 0.1) is 5.69 Å². The third-order valence-corrected chi connectivity index (χ3v) is 5.94. The van der Waals surface area contributed by atoms with Gasteiger partial charge in [-0.2, -0.15) is 0 Å². The number of carbonyl (C=O) groups is 1. The first kappa shape index (κ1) is 22.7. The summed E-state index contributed by atoms with van der Waals surface area (Å²) in [5.41, 5.74) is 3.70. The van der Waals surface area contributed by atoms with E-state index in [-0.39, 0.29) is 5.91 Å². The highest BCUT2D eigenvalue weighted by atomic mass is 16.5. The van der Waals surface area contributed by atoms with Crippen LogP contribution in [0.1, 0.15) is 19.4 Å². The number of aryl methyl sites for hydroxylation is 1. The molecule has 1 aliphatic heterocycles. The lowest BCUT2D eigenvalue weighted by atomic mass is 10.1. The molecule has 1 aliphatic rings. The second kappa shape index (κ2) is 10.4. The van der Waals surface area contributed by atoms with Gasteiger partial charge >= 0.3 is 0 Å². The average Bonchev–Trinajstić information content (AvgIpc) is 2.85. The largest absolute Gasteiger partial charge is 0.481 e. The predicted molar refractivity (Wildman–Crippen MR) is 132 cm³/mol. The minimum absolute atomic E-state index is 0.196. The first-order valence-electron chi connectivity index (χ1n) is 11.5. The Hall–Kier alpha value is -3.45. The summed E-state index contributed by atoms with van der Waals surface area (Å²) >= 11 is 0. The minimum Gasteiger partial charge on any atom is -0.481 e. The maximum absolute atomic E-state index is 12.5. The number of likely N-dealkylation sites (N-methyl/N-ethyl adjacent to an activating group) is 1. The van der Waals surface area contributed by atoms with E-state index in [1.165, 1.54) is 5.56 Å². The summed E-state index contributed by atoms with van der Waals surface area (Å²) in [6, 6.07) is 19.4. The molecule has 0 bridgehead atoms. The number of amides is 1. The molecule has 1 unspecified atom stereocenters. The highest BCUT2D eigenvalue weighted by Crippen LogP contribution is 2.22. The van der Waals surface area contributed by atoms with Crippen LogP contribution >= 0.6 is 0 Å². The van der Waals surface area contributed by atoms with E-state index in [4.69, 9.17) is 4.74 Å². The molecule has 33 heavy (non-hydrogen) atoms. The van der Waals surface area contributed by atoms with Crippen LogP contribution in [0.2, 0.25) is 0 Å². The van der Waals surface area contributed by atoms with Crippen molar-refractivity contribution in [2.24, 2.45) is 0 Å². The average molecular weight is 446 g/mol. The standard InChI is InChI=1S/C26H31N5O2/c1-4-20-5-11-23(12-6-20)33-19(2)26(32)27-22-9-7-21(8-10-22)24-13-14-25(29-28-24)31-17-15-30(3)16-18-31/h5-14,19H,4,15-18H2,1-3H3,(H,27,32).